The lowest BCUT2D eigenvalue weighted by atomic mass is 9.85. The smallest absolute Gasteiger partial charge is 0.0958 e. The van der Waals surface area contributed by atoms with Crippen LogP contribution in [0.25, 0.3) is 0 Å². The van der Waals surface area contributed by atoms with Gasteiger partial charge in [0.05, 0.1) is 25.2 Å². The van der Waals surface area contributed by atoms with E-state index in [1.165, 1.54) is 24.1 Å². The number of aliphatic hydroxyl groups excluding tert-OH is 1. The van der Waals surface area contributed by atoms with Crippen LogP contribution in [0.15, 0.2) is 0 Å². The monoisotopic (exact) mass is 235 g/mol. The van der Waals surface area contributed by atoms with Crippen molar-refractivity contribution in [3.05, 3.63) is 0 Å². The van der Waals surface area contributed by atoms with E-state index in [0.29, 0.717) is 5.54 Å². The summed E-state index contributed by atoms with van der Waals surface area (Å²) in [5.74, 6) is 0.743. The number of quaternary nitrogens is 1. The van der Waals surface area contributed by atoms with Gasteiger partial charge in [-0.3, -0.25) is 0 Å². The highest BCUT2D eigenvalue weighted by Gasteiger charge is 2.42. The normalized spacial score (nSPS) is 11.6. The van der Waals surface area contributed by atoms with E-state index in [1.54, 1.807) is 0 Å². The van der Waals surface area contributed by atoms with Crippen molar-refractivity contribution in [2.24, 2.45) is 5.92 Å². The van der Waals surface area contributed by atoms with Crippen LogP contribution in [-0.2, 0) is 0 Å². The summed E-state index contributed by atoms with van der Waals surface area (Å²) in [4.78, 5) is 0. The van der Waals surface area contributed by atoms with Gasteiger partial charge in [0.2, 0.25) is 0 Å². The lowest BCUT2D eigenvalue weighted by Crippen LogP contribution is -2.63. The highest BCUT2D eigenvalue weighted by atomic mass is 16.2. The Morgan fingerprint density at radius 3 is 1.25 bits per heavy atom. The molecule has 3 heteroatoms. The maximum absolute atomic E-state index is 7.00. The quantitative estimate of drug-likeness (QED) is 0.745. The molecule has 3 nitrogen and oxygen atoms in total. The van der Waals surface area contributed by atoms with E-state index >= 15 is 0 Å². The minimum atomic E-state index is 0. The maximum Gasteiger partial charge on any atom is 0.0958 e. The van der Waals surface area contributed by atoms with Crippen LogP contribution in [-0.4, -0.2) is 47.3 Å². The van der Waals surface area contributed by atoms with Crippen LogP contribution in [0.2, 0.25) is 0 Å². The SMILES string of the molecule is CC[N+](CC)(CC)C(C)(C)C(C)C.CO.[OH-]. The first-order valence-corrected chi connectivity index (χ1v) is 6.18. The first kappa shape index (κ1) is 21.2. The predicted molar refractivity (Wildman–Crippen MR) is 70.9 cm³/mol. The van der Waals surface area contributed by atoms with Gasteiger partial charge in [-0.2, -0.15) is 0 Å². The molecule has 0 atom stereocenters. The van der Waals surface area contributed by atoms with Crippen LogP contribution in [0.3, 0.4) is 0 Å². The van der Waals surface area contributed by atoms with Gasteiger partial charge in [-0.1, -0.05) is 13.8 Å². The Labute approximate surface area is 102 Å². The minimum Gasteiger partial charge on any atom is -0.870 e. The standard InChI is InChI=1S/C12H28N.CH4O.H2O/c1-8-13(9-2,10-3)12(6,7)11(4)5;1-2;/h11H,8-10H2,1-7H3;2H,1H3;1H2/q+1;;/p-1. The molecule has 0 aliphatic carbocycles. The van der Waals surface area contributed by atoms with E-state index < -0.39 is 0 Å². The fraction of sp³-hybridized carbons (Fsp3) is 1.00. The summed E-state index contributed by atoms with van der Waals surface area (Å²) >= 11 is 0. The van der Waals surface area contributed by atoms with Gasteiger partial charge in [-0.25, -0.2) is 0 Å². The van der Waals surface area contributed by atoms with Crippen LogP contribution in [0, 0.1) is 5.92 Å². The van der Waals surface area contributed by atoms with Crippen molar-refractivity contribution >= 4 is 0 Å². The lowest BCUT2D eigenvalue weighted by molar-refractivity contribution is -0.972. The Kier molecular flexibility index (Phi) is 11.9. The van der Waals surface area contributed by atoms with Gasteiger partial charge in [-0.05, 0) is 34.6 Å². The third-order valence-electron chi connectivity index (χ3n) is 4.45. The second-order valence-corrected chi connectivity index (χ2v) is 4.90. The average molecular weight is 235 g/mol. The molecule has 0 spiro atoms. The van der Waals surface area contributed by atoms with E-state index in [9.17, 15) is 0 Å². The van der Waals surface area contributed by atoms with E-state index in [4.69, 9.17) is 5.11 Å². The van der Waals surface area contributed by atoms with Crippen molar-refractivity contribution in [2.75, 3.05) is 26.7 Å². The molecule has 0 saturated heterocycles. The molecule has 0 unspecified atom stereocenters. The molecule has 0 amide bonds. The Hall–Kier alpha value is -0.120. The lowest BCUT2D eigenvalue weighted by Gasteiger charge is -2.51. The summed E-state index contributed by atoms with van der Waals surface area (Å²) in [6, 6.07) is 0. The number of nitrogens with zero attached hydrogens (tertiary/aromatic N) is 1. The van der Waals surface area contributed by atoms with E-state index in [2.05, 4.69) is 48.5 Å². The summed E-state index contributed by atoms with van der Waals surface area (Å²) in [5, 5.41) is 7.00. The zero-order valence-electron chi connectivity index (χ0n) is 12.5. The van der Waals surface area contributed by atoms with Crippen LogP contribution < -0.4 is 0 Å². The molecule has 0 aromatic rings. The molecule has 0 saturated carbocycles. The Morgan fingerprint density at radius 2 is 1.19 bits per heavy atom. The molecular weight excluding hydrogens is 202 g/mol. The van der Waals surface area contributed by atoms with Gasteiger partial charge in [0.1, 0.15) is 0 Å². The second-order valence-electron chi connectivity index (χ2n) is 4.90. The van der Waals surface area contributed by atoms with Gasteiger partial charge in [0, 0.05) is 13.0 Å². The fourth-order valence-electron chi connectivity index (χ4n) is 2.44. The molecule has 0 radical (unpaired) electrons. The van der Waals surface area contributed by atoms with Gasteiger partial charge < -0.3 is 15.1 Å². The zero-order chi connectivity index (χ0) is 12.7. The van der Waals surface area contributed by atoms with E-state index in [0.717, 1.165) is 13.0 Å². The van der Waals surface area contributed by atoms with Gasteiger partial charge in [-0.15, -0.1) is 0 Å². The molecule has 0 aromatic carbocycles. The van der Waals surface area contributed by atoms with Crippen molar-refractivity contribution in [2.45, 2.75) is 54.0 Å². The Morgan fingerprint density at radius 1 is 0.938 bits per heavy atom. The summed E-state index contributed by atoms with van der Waals surface area (Å²) in [6.07, 6.45) is 0. The molecule has 0 fully saturated rings. The molecule has 102 valence electrons. The first-order valence-electron chi connectivity index (χ1n) is 6.18. The summed E-state index contributed by atoms with van der Waals surface area (Å²) in [5.41, 5.74) is 0.401. The molecule has 0 rings (SSSR count). The van der Waals surface area contributed by atoms with Crippen LogP contribution in [0.5, 0.6) is 0 Å². The average Bonchev–Trinajstić information content (AvgIpc) is 2.23. The number of rotatable bonds is 5. The summed E-state index contributed by atoms with van der Waals surface area (Å²) in [7, 11) is 1.00. The van der Waals surface area contributed by atoms with Crippen molar-refractivity contribution in [1.82, 2.24) is 0 Å². The zero-order valence-corrected chi connectivity index (χ0v) is 12.5. The van der Waals surface area contributed by atoms with Crippen LogP contribution in [0.1, 0.15) is 48.5 Å². The highest BCUT2D eigenvalue weighted by Crippen LogP contribution is 2.31. The first-order chi connectivity index (χ1) is 6.88. The number of hydrogen-bond donors (Lipinski definition) is 1. The fourth-order valence-corrected chi connectivity index (χ4v) is 2.44. The van der Waals surface area contributed by atoms with Crippen molar-refractivity contribution in [1.29, 1.82) is 0 Å². The Bertz CT molecular complexity index is 144. The Balaban J connectivity index is -0.000000529. The third kappa shape index (κ3) is 4.04. The largest absolute Gasteiger partial charge is 0.870 e. The molecule has 16 heavy (non-hydrogen) atoms. The summed E-state index contributed by atoms with van der Waals surface area (Å²) < 4.78 is 1.24. The highest BCUT2D eigenvalue weighted by molar-refractivity contribution is 4.74. The summed E-state index contributed by atoms with van der Waals surface area (Å²) in [6.45, 7) is 20.2. The van der Waals surface area contributed by atoms with E-state index in [-0.39, 0.29) is 5.48 Å². The van der Waals surface area contributed by atoms with Crippen LogP contribution in [0.4, 0.5) is 0 Å². The van der Waals surface area contributed by atoms with Crippen molar-refractivity contribution in [3.63, 3.8) is 0 Å². The predicted octanol–water partition coefficient (Wildman–Crippen LogP) is 2.73. The van der Waals surface area contributed by atoms with Crippen molar-refractivity contribution < 1.29 is 15.1 Å². The molecule has 0 bridgehead atoms. The molecule has 0 aliphatic rings. The molecule has 0 heterocycles. The molecular formula is C13H33NO2. The topological polar surface area (TPSA) is 50.2 Å². The van der Waals surface area contributed by atoms with Crippen molar-refractivity contribution in [3.8, 4) is 0 Å². The van der Waals surface area contributed by atoms with Gasteiger partial charge in [0.15, 0.2) is 0 Å². The maximum atomic E-state index is 7.00. The molecule has 0 aliphatic heterocycles. The van der Waals surface area contributed by atoms with E-state index in [1.807, 2.05) is 0 Å². The van der Waals surface area contributed by atoms with Gasteiger partial charge >= 0.3 is 0 Å². The molecule has 0 aromatic heterocycles. The van der Waals surface area contributed by atoms with Gasteiger partial charge in [0.25, 0.3) is 0 Å². The third-order valence-corrected chi connectivity index (χ3v) is 4.45. The van der Waals surface area contributed by atoms with Crippen LogP contribution >= 0.6 is 0 Å². The minimum absolute atomic E-state index is 0. The second kappa shape index (κ2) is 8.97. The number of aliphatic hydroxyl groups is 1. The number of hydrogen-bond acceptors (Lipinski definition) is 2. The molecule has 2 N–H and O–H groups in total.